The molecule has 4 aromatic rings. The zero-order valence-corrected chi connectivity index (χ0v) is 18.2. The van der Waals surface area contributed by atoms with Crippen LogP contribution in [0.25, 0.3) is 21.6 Å². The zero-order chi connectivity index (χ0) is 21.2. The van der Waals surface area contributed by atoms with Gasteiger partial charge in [-0.05, 0) is 36.1 Å². The Hall–Kier alpha value is -3.09. The van der Waals surface area contributed by atoms with Gasteiger partial charge in [-0.25, -0.2) is 9.97 Å². The van der Waals surface area contributed by atoms with E-state index in [1.165, 1.54) is 0 Å². The first-order valence-corrected chi connectivity index (χ1v) is 11.3. The van der Waals surface area contributed by atoms with E-state index in [1.54, 1.807) is 11.3 Å². The molecule has 0 unspecified atom stereocenters. The summed E-state index contributed by atoms with van der Waals surface area (Å²) in [6, 6.07) is 17.8. The highest BCUT2D eigenvalue weighted by Crippen LogP contribution is 2.32. The van der Waals surface area contributed by atoms with Gasteiger partial charge in [-0.2, -0.15) is 0 Å². The number of hydrogen-bond donors (Lipinski definition) is 0. The number of thiophene rings is 1. The van der Waals surface area contributed by atoms with Crippen molar-refractivity contribution in [2.24, 2.45) is 0 Å². The van der Waals surface area contributed by atoms with Crippen LogP contribution in [0.4, 0.5) is 5.82 Å². The normalized spacial score (nSPS) is 14.2. The highest BCUT2D eigenvalue weighted by Gasteiger charge is 2.19. The summed E-state index contributed by atoms with van der Waals surface area (Å²) in [5, 5.41) is 2.06. The van der Waals surface area contributed by atoms with Gasteiger partial charge in [-0.1, -0.05) is 42.0 Å². The molecular weight excluding hydrogens is 406 g/mol. The summed E-state index contributed by atoms with van der Waals surface area (Å²) in [5.74, 6) is 1.78. The number of hydrogen-bond acceptors (Lipinski definition) is 6. The fourth-order valence-electron chi connectivity index (χ4n) is 3.89. The molecule has 0 atom stereocenters. The molecule has 0 spiro atoms. The Labute approximate surface area is 185 Å². The van der Waals surface area contributed by atoms with Gasteiger partial charge in [0.2, 0.25) is 0 Å². The van der Waals surface area contributed by atoms with E-state index in [9.17, 15) is 4.79 Å². The van der Waals surface area contributed by atoms with E-state index in [1.807, 2.05) is 61.5 Å². The van der Waals surface area contributed by atoms with Crippen LogP contribution in [0, 0.1) is 6.92 Å². The smallest absolute Gasteiger partial charge is 0.167 e. The minimum atomic E-state index is 0.115. The highest BCUT2D eigenvalue weighted by molar-refractivity contribution is 7.17. The topological polar surface area (TPSA) is 55.3 Å². The predicted molar refractivity (Wildman–Crippen MR) is 125 cm³/mol. The van der Waals surface area contributed by atoms with Crippen molar-refractivity contribution in [3.63, 3.8) is 0 Å². The third kappa shape index (κ3) is 4.22. The quantitative estimate of drug-likeness (QED) is 0.421. The third-order valence-electron chi connectivity index (χ3n) is 5.49. The standard InChI is InChI=1S/C25H23N3O2S/c1-17-4-2-6-19(14-17)22(29)16-18-5-3-7-20(15-18)24-26-21-8-13-31-23(21)25(27-24)28-9-11-30-12-10-28/h2-8,13-15H,9-12,16H2,1H3. The Morgan fingerprint density at radius 3 is 2.74 bits per heavy atom. The lowest BCUT2D eigenvalue weighted by atomic mass is 10.00. The van der Waals surface area contributed by atoms with Crippen LogP contribution >= 0.6 is 11.3 Å². The van der Waals surface area contributed by atoms with E-state index in [4.69, 9.17) is 14.7 Å². The van der Waals surface area contributed by atoms with Crippen LogP contribution in [0.2, 0.25) is 0 Å². The number of aromatic nitrogens is 2. The van der Waals surface area contributed by atoms with Crippen LogP contribution in [0.3, 0.4) is 0 Å². The monoisotopic (exact) mass is 429 g/mol. The molecule has 0 aliphatic carbocycles. The maximum atomic E-state index is 12.8. The van der Waals surface area contributed by atoms with Crippen molar-refractivity contribution in [3.8, 4) is 11.4 Å². The molecule has 0 bridgehead atoms. The van der Waals surface area contributed by atoms with E-state index in [-0.39, 0.29) is 5.78 Å². The largest absolute Gasteiger partial charge is 0.378 e. The molecule has 6 heteroatoms. The second kappa shape index (κ2) is 8.57. The van der Waals surface area contributed by atoms with Gasteiger partial charge < -0.3 is 9.64 Å². The lowest BCUT2D eigenvalue weighted by Crippen LogP contribution is -2.36. The molecular formula is C25H23N3O2S. The number of Topliss-reactive ketones (excluding diaryl/α,β-unsaturated/α-hetero) is 1. The number of benzene rings is 2. The maximum absolute atomic E-state index is 12.8. The average Bonchev–Trinajstić information content (AvgIpc) is 3.28. The molecule has 3 heterocycles. The van der Waals surface area contributed by atoms with E-state index in [2.05, 4.69) is 10.3 Å². The molecule has 0 radical (unpaired) electrons. The second-order valence-electron chi connectivity index (χ2n) is 7.78. The number of carbonyl (C=O) groups excluding carboxylic acids is 1. The van der Waals surface area contributed by atoms with Crippen molar-refractivity contribution in [1.29, 1.82) is 0 Å². The molecule has 5 rings (SSSR count). The molecule has 0 N–H and O–H groups in total. The molecule has 1 aliphatic rings. The molecule has 0 amide bonds. The van der Waals surface area contributed by atoms with Gasteiger partial charge >= 0.3 is 0 Å². The van der Waals surface area contributed by atoms with Crippen LogP contribution in [0.1, 0.15) is 21.5 Å². The highest BCUT2D eigenvalue weighted by atomic mass is 32.1. The number of ether oxygens (including phenoxy) is 1. The van der Waals surface area contributed by atoms with Crippen LogP contribution in [0.5, 0.6) is 0 Å². The van der Waals surface area contributed by atoms with Gasteiger partial charge in [0.25, 0.3) is 0 Å². The first-order chi connectivity index (χ1) is 15.2. The van der Waals surface area contributed by atoms with Crippen LogP contribution in [-0.4, -0.2) is 42.1 Å². The fraction of sp³-hybridized carbons (Fsp3) is 0.240. The van der Waals surface area contributed by atoms with Crippen LogP contribution in [-0.2, 0) is 11.2 Å². The van der Waals surface area contributed by atoms with E-state index in [0.29, 0.717) is 25.5 Å². The van der Waals surface area contributed by atoms with E-state index in [0.717, 1.165) is 51.4 Å². The van der Waals surface area contributed by atoms with Crippen molar-refractivity contribution in [2.45, 2.75) is 13.3 Å². The van der Waals surface area contributed by atoms with Crippen molar-refractivity contribution in [2.75, 3.05) is 31.2 Å². The summed E-state index contributed by atoms with van der Waals surface area (Å²) in [6.07, 6.45) is 0.355. The van der Waals surface area contributed by atoms with Gasteiger partial charge in [0.1, 0.15) is 0 Å². The van der Waals surface area contributed by atoms with Crippen molar-refractivity contribution >= 4 is 33.2 Å². The number of ketones is 1. The molecule has 156 valence electrons. The number of aryl methyl sites for hydroxylation is 1. The Balaban J connectivity index is 1.47. The number of anilines is 1. The predicted octanol–water partition coefficient (Wildman–Crippen LogP) is 4.93. The SMILES string of the molecule is Cc1cccc(C(=O)Cc2cccc(-c3nc(N4CCOCC4)c4sccc4n3)c2)c1. The number of rotatable bonds is 5. The lowest BCUT2D eigenvalue weighted by Gasteiger charge is -2.28. The minimum absolute atomic E-state index is 0.115. The molecule has 1 fully saturated rings. The maximum Gasteiger partial charge on any atom is 0.167 e. The second-order valence-corrected chi connectivity index (χ2v) is 8.69. The average molecular weight is 430 g/mol. The summed E-state index contributed by atoms with van der Waals surface area (Å²) in [6.45, 7) is 5.08. The van der Waals surface area contributed by atoms with Gasteiger partial charge in [-0.15, -0.1) is 11.3 Å². The number of fused-ring (bicyclic) bond motifs is 1. The molecule has 1 aliphatic heterocycles. The summed E-state index contributed by atoms with van der Waals surface area (Å²) in [4.78, 5) is 24.8. The number of morpholine rings is 1. The molecule has 2 aromatic carbocycles. The molecule has 1 saturated heterocycles. The molecule has 0 saturated carbocycles. The van der Waals surface area contributed by atoms with Crippen molar-refractivity contribution in [1.82, 2.24) is 9.97 Å². The lowest BCUT2D eigenvalue weighted by molar-refractivity contribution is 0.0993. The first-order valence-electron chi connectivity index (χ1n) is 10.4. The Morgan fingerprint density at radius 1 is 1.06 bits per heavy atom. The Kier molecular flexibility index (Phi) is 5.49. The summed E-state index contributed by atoms with van der Waals surface area (Å²) in [7, 11) is 0. The van der Waals surface area contributed by atoms with E-state index >= 15 is 0 Å². The third-order valence-corrected chi connectivity index (χ3v) is 6.39. The Bertz CT molecular complexity index is 1240. The van der Waals surface area contributed by atoms with Crippen LogP contribution < -0.4 is 4.90 Å². The number of carbonyl (C=O) groups is 1. The number of nitrogens with zero attached hydrogens (tertiary/aromatic N) is 3. The van der Waals surface area contributed by atoms with Crippen molar-refractivity contribution < 1.29 is 9.53 Å². The van der Waals surface area contributed by atoms with Crippen molar-refractivity contribution in [3.05, 3.63) is 76.7 Å². The van der Waals surface area contributed by atoms with Gasteiger partial charge in [0, 0.05) is 30.6 Å². The summed E-state index contributed by atoms with van der Waals surface area (Å²) in [5.41, 5.74) is 4.68. The fourth-order valence-corrected chi connectivity index (χ4v) is 4.74. The minimum Gasteiger partial charge on any atom is -0.378 e. The first kappa shape index (κ1) is 19.8. The van der Waals surface area contributed by atoms with Crippen LogP contribution in [0.15, 0.2) is 60.0 Å². The zero-order valence-electron chi connectivity index (χ0n) is 17.4. The van der Waals surface area contributed by atoms with Gasteiger partial charge in [0.05, 0.1) is 23.4 Å². The molecule has 31 heavy (non-hydrogen) atoms. The Morgan fingerprint density at radius 2 is 1.90 bits per heavy atom. The summed E-state index contributed by atoms with van der Waals surface area (Å²) >= 11 is 1.67. The van der Waals surface area contributed by atoms with E-state index < -0.39 is 0 Å². The van der Waals surface area contributed by atoms with Gasteiger partial charge in [0.15, 0.2) is 17.4 Å². The molecule has 2 aromatic heterocycles. The molecule has 5 nitrogen and oxygen atoms in total. The summed E-state index contributed by atoms with van der Waals surface area (Å²) < 4.78 is 6.62. The van der Waals surface area contributed by atoms with Gasteiger partial charge in [-0.3, -0.25) is 4.79 Å².